The largest absolute Gasteiger partial charge is 0.344 e. The number of carbonyl (C=O) groups excluding carboxylic acids is 1. The van der Waals surface area contributed by atoms with Crippen molar-refractivity contribution < 1.29 is 4.79 Å². The number of terminal acetylenes is 1. The van der Waals surface area contributed by atoms with Crippen LogP contribution in [0.1, 0.15) is 26.2 Å². The van der Waals surface area contributed by atoms with E-state index in [0.717, 1.165) is 12.6 Å². The van der Waals surface area contributed by atoms with E-state index >= 15 is 0 Å². The molecule has 0 bridgehead atoms. The standard InChI is InChI=1S/C14H23N3O/c1-3-7-15-14(18)11(2)16-9-12-6-8-17(10-12)13-4-5-13/h1,11-13,16H,4-10H2,2H3,(H,15,18). The third kappa shape index (κ3) is 3.72. The molecule has 2 atom stereocenters. The Hall–Kier alpha value is -1.05. The molecule has 2 aliphatic rings. The number of hydrogen-bond acceptors (Lipinski definition) is 3. The quantitative estimate of drug-likeness (QED) is 0.661. The summed E-state index contributed by atoms with van der Waals surface area (Å²) >= 11 is 0. The summed E-state index contributed by atoms with van der Waals surface area (Å²) in [5, 5.41) is 6.00. The number of carbonyl (C=O) groups is 1. The lowest BCUT2D eigenvalue weighted by molar-refractivity contribution is -0.122. The third-order valence-electron chi connectivity index (χ3n) is 3.85. The van der Waals surface area contributed by atoms with Crippen LogP contribution in [0.3, 0.4) is 0 Å². The zero-order valence-corrected chi connectivity index (χ0v) is 11.1. The number of nitrogens with one attached hydrogen (secondary N) is 2. The fraction of sp³-hybridized carbons (Fsp3) is 0.786. The van der Waals surface area contributed by atoms with E-state index in [1.807, 2.05) is 6.92 Å². The Morgan fingerprint density at radius 1 is 1.50 bits per heavy atom. The van der Waals surface area contributed by atoms with Gasteiger partial charge in [-0.3, -0.25) is 4.79 Å². The van der Waals surface area contributed by atoms with E-state index in [1.165, 1.54) is 32.4 Å². The maximum Gasteiger partial charge on any atom is 0.237 e. The molecule has 2 unspecified atom stereocenters. The first kappa shape index (κ1) is 13.4. The summed E-state index contributed by atoms with van der Waals surface area (Å²) in [7, 11) is 0. The summed E-state index contributed by atoms with van der Waals surface area (Å²) in [6, 6.07) is 0.708. The predicted molar refractivity (Wildman–Crippen MR) is 72.0 cm³/mol. The van der Waals surface area contributed by atoms with Crippen LogP contribution >= 0.6 is 0 Å². The van der Waals surface area contributed by atoms with E-state index in [-0.39, 0.29) is 11.9 Å². The molecule has 0 radical (unpaired) electrons. The minimum atomic E-state index is -0.159. The minimum Gasteiger partial charge on any atom is -0.344 e. The normalized spacial score (nSPS) is 25.7. The van der Waals surface area contributed by atoms with Gasteiger partial charge in [0.05, 0.1) is 12.6 Å². The first-order valence-corrected chi connectivity index (χ1v) is 6.89. The van der Waals surface area contributed by atoms with Crippen LogP contribution in [0.25, 0.3) is 0 Å². The molecule has 1 saturated carbocycles. The fourth-order valence-corrected chi connectivity index (χ4v) is 2.53. The van der Waals surface area contributed by atoms with E-state index in [9.17, 15) is 4.79 Å². The van der Waals surface area contributed by atoms with Crippen LogP contribution in [0, 0.1) is 18.3 Å². The van der Waals surface area contributed by atoms with Crippen molar-refractivity contribution in [3.05, 3.63) is 0 Å². The zero-order valence-electron chi connectivity index (χ0n) is 11.1. The highest BCUT2D eigenvalue weighted by Gasteiger charge is 2.34. The van der Waals surface area contributed by atoms with Crippen LogP contribution in [0.4, 0.5) is 0 Å². The summed E-state index contributed by atoms with van der Waals surface area (Å²) in [6.07, 6.45) is 9.12. The number of hydrogen-bond donors (Lipinski definition) is 2. The molecule has 0 spiro atoms. The highest BCUT2D eigenvalue weighted by atomic mass is 16.2. The molecule has 100 valence electrons. The van der Waals surface area contributed by atoms with Gasteiger partial charge in [-0.1, -0.05) is 5.92 Å². The van der Waals surface area contributed by atoms with E-state index in [1.54, 1.807) is 0 Å². The Kier molecular flexibility index (Phi) is 4.62. The van der Waals surface area contributed by atoms with Crippen LogP contribution in [0.5, 0.6) is 0 Å². The van der Waals surface area contributed by atoms with Crippen molar-refractivity contribution in [1.82, 2.24) is 15.5 Å². The Morgan fingerprint density at radius 3 is 2.94 bits per heavy atom. The smallest absolute Gasteiger partial charge is 0.237 e. The first-order chi connectivity index (χ1) is 8.70. The molecule has 0 aromatic carbocycles. The molecule has 4 nitrogen and oxygen atoms in total. The van der Waals surface area contributed by atoms with Gasteiger partial charge >= 0.3 is 0 Å². The van der Waals surface area contributed by atoms with Gasteiger partial charge in [-0.15, -0.1) is 6.42 Å². The molecule has 4 heteroatoms. The highest BCUT2D eigenvalue weighted by Crippen LogP contribution is 2.31. The average molecular weight is 249 g/mol. The zero-order chi connectivity index (χ0) is 13.0. The van der Waals surface area contributed by atoms with E-state index < -0.39 is 0 Å². The second kappa shape index (κ2) is 6.21. The lowest BCUT2D eigenvalue weighted by Crippen LogP contribution is -2.44. The molecule has 1 amide bonds. The van der Waals surface area contributed by atoms with Gasteiger partial charge in [0.25, 0.3) is 0 Å². The molecule has 1 heterocycles. The molecule has 1 saturated heterocycles. The Bertz CT molecular complexity index is 332. The van der Waals surface area contributed by atoms with E-state index in [0.29, 0.717) is 12.5 Å². The molecule has 1 aliphatic heterocycles. The molecule has 18 heavy (non-hydrogen) atoms. The van der Waals surface area contributed by atoms with Gasteiger partial charge < -0.3 is 15.5 Å². The summed E-state index contributed by atoms with van der Waals surface area (Å²) in [4.78, 5) is 14.2. The molecule has 2 rings (SSSR count). The number of amides is 1. The van der Waals surface area contributed by atoms with E-state index in [2.05, 4.69) is 21.5 Å². The SMILES string of the molecule is C#CCNC(=O)C(C)NCC1CCN(C2CC2)C1. The molecule has 0 aromatic heterocycles. The van der Waals surface area contributed by atoms with Crippen LogP contribution in [-0.4, -0.2) is 49.1 Å². The second-order valence-corrected chi connectivity index (χ2v) is 5.43. The maximum absolute atomic E-state index is 11.6. The van der Waals surface area contributed by atoms with Crippen molar-refractivity contribution in [2.45, 2.75) is 38.3 Å². The predicted octanol–water partition coefficient (Wildman–Crippen LogP) is 0.198. The first-order valence-electron chi connectivity index (χ1n) is 6.89. The average Bonchev–Trinajstić information content (AvgIpc) is 3.12. The molecule has 0 aromatic rings. The Morgan fingerprint density at radius 2 is 2.28 bits per heavy atom. The van der Waals surface area contributed by atoms with Gasteiger partial charge in [0, 0.05) is 12.6 Å². The lowest BCUT2D eigenvalue weighted by atomic mass is 10.1. The molecule has 2 N–H and O–H groups in total. The third-order valence-corrected chi connectivity index (χ3v) is 3.85. The van der Waals surface area contributed by atoms with Crippen molar-refractivity contribution in [3.8, 4) is 12.3 Å². The van der Waals surface area contributed by atoms with Gasteiger partial charge in [-0.2, -0.15) is 0 Å². The van der Waals surface area contributed by atoms with Crippen LogP contribution in [0.15, 0.2) is 0 Å². The number of likely N-dealkylation sites (tertiary alicyclic amines) is 1. The van der Waals surface area contributed by atoms with Crippen molar-refractivity contribution in [2.75, 3.05) is 26.2 Å². The van der Waals surface area contributed by atoms with Crippen LogP contribution in [-0.2, 0) is 4.79 Å². The Balaban J connectivity index is 1.62. The fourth-order valence-electron chi connectivity index (χ4n) is 2.53. The summed E-state index contributed by atoms with van der Waals surface area (Å²) in [5.74, 6) is 3.09. The molecular formula is C14H23N3O. The van der Waals surface area contributed by atoms with Crippen LogP contribution in [0.2, 0.25) is 0 Å². The van der Waals surface area contributed by atoms with Gasteiger partial charge in [-0.05, 0) is 45.2 Å². The lowest BCUT2D eigenvalue weighted by Gasteiger charge is -2.17. The summed E-state index contributed by atoms with van der Waals surface area (Å²) in [5.41, 5.74) is 0. The maximum atomic E-state index is 11.6. The number of nitrogens with zero attached hydrogens (tertiary/aromatic N) is 1. The molecular weight excluding hydrogens is 226 g/mol. The van der Waals surface area contributed by atoms with Crippen molar-refractivity contribution in [3.63, 3.8) is 0 Å². The van der Waals surface area contributed by atoms with E-state index in [4.69, 9.17) is 6.42 Å². The molecule has 1 aliphatic carbocycles. The summed E-state index contributed by atoms with van der Waals surface area (Å²) < 4.78 is 0. The van der Waals surface area contributed by atoms with Gasteiger partial charge in [0.15, 0.2) is 0 Å². The highest BCUT2D eigenvalue weighted by molar-refractivity contribution is 5.81. The van der Waals surface area contributed by atoms with Crippen molar-refractivity contribution in [2.24, 2.45) is 5.92 Å². The number of rotatable bonds is 6. The Labute approximate surface area is 109 Å². The minimum absolute atomic E-state index is 0.00926. The monoisotopic (exact) mass is 249 g/mol. The second-order valence-electron chi connectivity index (χ2n) is 5.43. The van der Waals surface area contributed by atoms with Gasteiger partial charge in [0.2, 0.25) is 5.91 Å². The molecule has 2 fully saturated rings. The van der Waals surface area contributed by atoms with Gasteiger partial charge in [0.1, 0.15) is 0 Å². The van der Waals surface area contributed by atoms with Crippen molar-refractivity contribution >= 4 is 5.91 Å². The topological polar surface area (TPSA) is 44.4 Å². The van der Waals surface area contributed by atoms with Crippen LogP contribution < -0.4 is 10.6 Å². The summed E-state index contributed by atoms with van der Waals surface area (Å²) in [6.45, 7) is 5.54. The van der Waals surface area contributed by atoms with Gasteiger partial charge in [-0.25, -0.2) is 0 Å². The van der Waals surface area contributed by atoms with Crippen molar-refractivity contribution in [1.29, 1.82) is 0 Å².